The van der Waals surface area contributed by atoms with Crippen molar-refractivity contribution < 1.29 is 14.3 Å². The molecule has 1 aliphatic heterocycles. The van der Waals surface area contributed by atoms with Crippen molar-refractivity contribution in [1.82, 2.24) is 9.80 Å². The number of hydrogen-bond acceptors (Lipinski definition) is 3. The van der Waals surface area contributed by atoms with Crippen LogP contribution in [0.15, 0.2) is 24.3 Å². The lowest BCUT2D eigenvalue weighted by Crippen LogP contribution is -2.43. The highest BCUT2D eigenvalue weighted by Gasteiger charge is 2.27. The topological polar surface area (TPSA) is 49.9 Å². The second kappa shape index (κ2) is 6.81. The zero-order valence-electron chi connectivity index (χ0n) is 13.7. The highest BCUT2D eigenvalue weighted by Crippen LogP contribution is 2.25. The van der Waals surface area contributed by atoms with Crippen LogP contribution >= 0.6 is 0 Å². The van der Waals surface area contributed by atoms with E-state index in [-0.39, 0.29) is 23.8 Å². The molecule has 2 amide bonds. The molecule has 0 spiro atoms. The number of likely N-dealkylation sites (N-methyl/N-ethyl adjacent to an activating group) is 2. The third-order valence-electron chi connectivity index (χ3n) is 4.21. The fourth-order valence-electron chi connectivity index (χ4n) is 2.61. The molecular weight excluding hydrogens is 280 g/mol. The molecule has 0 radical (unpaired) electrons. The van der Waals surface area contributed by atoms with Crippen molar-refractivity contribution in [3.05, 3.63) is 29.8 Å². The van der Waals surface area contributed by atoms with Gasteiger partial charge in [0.15, 0.2) is 0 Å². The van der Waals surface area contributed by atoms with E-state index in [9.17, 15) is 9.59 Å². The van der Waals surface area contributed by atoms with Crippen LogP contribution in [0.25, 0.3) is 0 Å². The van der Waals surface area contributed by atoms with Gasteiger partial charge < -0.3 is 14.5 Å². The van der Waals surface area contributed by atoms with Gasteiger partial charge in [0.25, 0.3) is 0 Å². The molecule has 0 N–H and O–H groups in total. The Morgan fingerprint density at radius 1 is 1.41 bits per heavy atom. The van der Waals surface area contributed by atoms with Gasteiger partial charge in [0.05, 0.1) is 13.0 Å². The molecule has 2 rings (SSSR count). The first-order chi connectivity index (χ1) is 10.4. The van der Waals surface area contributed by atoms with Crippen molar-refractivity contribution in [3.63, 3.8) is 0 Å². The number of benzene rings is 1. The van der Waals surface area contributed by atoms with Crippen LogP contribution in [0.2, 0.25) is 0 Å². The summed E-state index contributed by atoms with van der Waals surface area (Å²) >= 11 is 0. The minimum absolute atomic E-state index is 0.00777. The van der Waals surface area contributed by atoms with Gasteiger partial charge in [-0.1, -0.05) is 25.1 Å². The Balaban J connectivity index is 2.30. The van der Waals surface area contributed by atoms with Crippen LogP contribution in [0.3, 0.4) is 0 Å². The lowest BCUT2D eigenvalue weighted by atomic mass is 10.0. The normalized spacial score (nSPS) is 22.0. The summed E-state index contributed by atoms with van der Waals surface area (Å²) in [6.07, 6.45) is 0.192. The average Bonchev–Trinajstić information content (AvgIpc) is 2.50. The van der Waals surface area contributed by atoms with Gasteiger partial charge in [-0.3, -0.25) is 9.59 Å². The molecule has 1 aromatic rings. The number of rotatable bonds is 2. The van der Waals surface area contributed by atoms with Gasteiger partial charge in [-0.05, 0) is 6.07 Å². The maximum absolute atomic E-state index is 12.3. The third kappa shape index (κ3) is 3.78. The fraction of sp³-hybridized carbons (Fsp3) is 0.529. The predicted molar refractivity (Wildman–Crippen MR) is 84.7 cm³/mol. The van der Waals surface area contributed by atoms with E-state index in [0.717, 1.165) is 11.3 Å². The van der Waals surface area contributed by atoms with E-state index in [2.05, 4.69) is 6.92 Å². The quantitative estimate of drug-likeness (QED) is 0.833. The molecule has 120 valence electrons. The first-order valence-corrected chi connectivity index (χ1v) is 7.58. The van der Waals surface area contributed by atoms with Crippen LogP contribution < -0.4 is 4.74 Å². The van der Waals surface area contributed by atoms with E-state index in [1.54, 1.807) is 23.8 Å². The van der Waals surface area contributed by atoms with Crippen LogP contribution in [0.5, 0.6) is 5.75 Å². The molecule has 22 heavy (non-hydrogen) atoms. The van der Waals surface area contributed by atoms with Gasteiger partial charge in [0.2, 0.25) is 11.8 Å². The van der Waals surface area contributed by atoms with E-state index < -0.39 is 0 Å². The highest BCUT2D eigenvalue weighted by molar-refractivity contribution is 5.79. The number of ether oxygens (including phenoxy) is 1. The summed E-state index contributed by atoms with van der Waals surface area (Å²) in [5, 5.41) is 0. The van der Waals surface area contributed by atoms with Crippen molar-refractivity contribution in [2.24, 2.45) is 5.92 Å². The van der Waals surface area contributed by atoms with Gasteiger partial charge in [-0.2, -0.15) is 0 Å². The lowest BCUT2D eigenvalue weighted by molar-refractivity contribution is -0.131. The van der Waals surface area contributed by atoms with E-state index in [1.165, 1.54) is 0 Å². The van der Waals surface area contributed by atoms with Crippen molar-refractivity contribution in [2.75, 3.05) is 27.2 Å². The van der Waals surface area contributed by atoms with E-state index in [0.29, 0.717) is 19.5 Å². The molecule has 1 heterocycles. The van der Waals surface area contributed by atoms with Crippen molar-refractivity contribution in [1.29, 1.82) is 0 Å². The van der Waals surface area contributed by atoms with Crippen LogP contribution in [0.1, 0.15) is 19.4 Å². The highest BCUT2D eigenvalue weighted by atomic mass is 16.5. The first-order valence-electron chi connectivity index (χ1n) is 7.58. The van der Waals surface area contributed by atoms with Crippen LogP contribution in [-0.2, 0) is 16.0 Å². The molecule has 1 aliphatic rings. The number of carbonyl (C=O) groups excluding carboxylic acids is 2. The SMILES string of the molecule is CC(=O)N(C)C[C@H]1Oc2ccccc2CC(=O)N(C)C[C@H]1C. The lowest BCUT2D eigenvalue weighted by Gasteiger charge is -2.30. The van der Waals surface area contributed by atoms with E-state index >= 15 is 0 Å². The molecule has 0 saturated carbocycles. The Morgan fingerprint density at radius 2 is 2.09 bits per heavy atom. The first kappa shape index (κ1) is 16.3. The summed E-state index contributed by atoms with van der Waals surface area (Å²) in [6, 6.07) is 7.62. The molecule has 0 fully saturated rings. The third-order valence-corrected chi connectivity index (χ3v) is 4.21. The van der Waals surface area contributed by atoms with Gasteiger partial charge >= 0.3 is 0 Å². The number of para-hydroxylation sites is 1. The maximum Gasteiger partial charge on any atom is 0.226 e. The minimum Gasteiger partial charge on any atom is -0.488 e. The van der Waals surface area contributed by atoms with Crippen molar-refractivity contribution in [2.45, 2.75) is 26.4 Å². The number of amides is 2. The summed E-state index contributed by atoms with van der Waals surface area (Å²) in [6.45, 7) is 4.72. The summed E-state index contributed by atoms with van der Waals surface area (Å²) in [7, 11) is 3.59. The number of fused-ring (bicyclic) bond motifs is 1. The Hall–Kier alpha value is -2.04. The average molecular weight is 304 g/mol. The van der Waals surface area contributed by atoms with Gasteiger partial charge in [-0.25, -0.2) is 0 Å². The molecule has 2 atom stereocenters. The molecule has 5 nitrogen and oxygen atoms in total. The second-order valence-electron chi connectivity index (χ2n) is 6.09. The molecule has 0 aromatic heterocycles. The summed E-state index contributed by atoms with van der Waals surface area (Å²) < 4.78 is 6.17. The molecule has 0 saturated heterocycles. The van der Waals surface area contributed by atoms with Crippen LogP contribution in [-0.4, -0.2) is 54.9 Å². The molecule has 0 aliphatic carbocycles. The Kier molecular flexibility index (Phi) is 5.06. The molecule has 1 aromatic carbocycles. The second-order valence-corrected chi connectivity index (χ2v) is 6.09. The van der Waals surface area contributed by atoms with Crippen molar-refractivity contribution in [3.8, 4) is 5.75 Å². The Morgan fingerprint density at radius 3 is 2.77 bits per heavy atom. The van der Waals surface area contributed by atoms with Gasteiger partial charge in [0, 0.05) is 39.0 Å². The maximum atomic E-state index is 12.3. The largest absolute Gasteiger partial charge is 0.488 e. The molecular formula is C17H24N2O3. The monoisotopic (exact) mass is 304 g/mol. The van der Waals surface area contributed by atoms with Crippen LogP contribution in [0, 0.1) is 5.92 Å². The van der Waals surface area contributed by atoms with E-state index in [4.69, 9.17) is 4.74 Å². The number of hydrogen-bond donors (Lipinski definition) is 0. The predicted octanol–water partition coefficient (Wildman–Crippen LogP) is 1.56. The number of nitrogens with zero attached hydrogens (tertiary/aromatic N) is 2. The van der Waals surface area contributed by atoms with E-state index in [1.807, 2.05) is 31.3 Å². The molecule has 0 unspecified atom stereocenters. The van der Waals surface area contributed by atoms with Crippen molar-refractivity contribution >= 4 is 11.8 Å². The summed E-state index contributed by atoms with van der Waals surface area (Å²) in [5.74, 6) is 0.957. The Bertz CT molecular complexity index is 559. The van der Waals surface area contributed by atoms with Gasteiger partial charge in [-0.15, -0.1) is 0 Å². The van der Waals surface area contributed by atoms with Gasteiger partial charge in [0.1, 0.15) is 11.9 Å². The zero-order chi connectivity index (χ0) is 16.3. The summed E-state index contributed by atoms with van der Waals surface area (Å²) in [4.78, 5) is 27.2. The standard InChI is InChI=1S/C17H24N2O3/c1-12-10-19(4)17(21)9-14-7-5-6-8-15(14)22-16(12)11-18(3)13(2)20/h5-8,12,16H,9-11H2,1-4H3/t12-,16-/m1/s1. The molecule has 5 heteroatoms. The van der Waals surface area contributed by atoms with Crippen LogP contribution in [0.4, 0.5) is 0 Å². The fourth-order valence-corrected chi connectivity index (χ4v) is 2.61. The number of carbonyl (C=O) groups is 2. The smallest absolute Gasteiger partial charge is 0.226 e. The minimum atomic E-state index is -0.150. The zero-order valence-corrected chi connectivity index (χ0v) is 13.7. The Labute approximate surface area is 131 Å². The summed E-state index contributed by atoms with van der Waals surface area (Å²) in [5.41, 5.74) is 0.893. The molecule has 0 bridgehead atoms.